The average Bonchev–Trinajstić information content (AvgIpc) is 3.55. The zero-order valence-corrected chi connectivity index (χ0v) is 20.0. The van der Waals surface area contributed by atoms with Crippen LogP contribution in [0.1, 0.15) is 12.5 Å². The van der Waals surface area contributed by atoms with E-state index in [-0.39, 0.29) is 23.4 Å². The second kappa shape index (κ2) is 9.69. The van der Waals surface area contributed by atoms with Crippen LogP contribution in [0.4, 0.5) is 4.39 Å². The first-order valence-electron chi connectivity index (χ1n) is 11.5. The van der Waals surface area contributed by atoms with Gasteiger partial charge in [0.25, 0.3) is 0 Å². The first-order valence-corrected chi connectivity index (χ1v) is 11.5. The van der Waals surface area contributed by atoms with Crippen LogP contribution in [0.5, 0.6) is 23.0 Å². The first kappa shape index (κ1) is 23.3. The van der Waals surface area contributed by atoms with Crippen molar-refractivity contribution in [1.29, 1.82) is 0 Å². The van der Waals surface area contributed by atoms with Gasteiger partial charge in [-0.3, -0.25) is 14.5 Å². The van der Waals surface area contributed by atoms with Crippen LogP contribution in [0.25, 0.3) is 22.2 Å². The Morgan fingerprint density at radius 2 is 1.83 bits per heavy atom. The maximum atomic E-state index is 14.5. The molecule has 1 atom stereocenters. The normalized spacial score (nSPS) is 15.2. The number of halogens is 1. The van der Waals surface area contributed by atoms with Crippen LogP contribution in [-0.2, 0) is 4.79 Å². The fourth-order valence-electron chi connectivity index (χ4n) is 4.49. The van der Waals surface area contributed by atoms with Crippen molar-refractivity contribution < 1.29 is 23.4 Å². The molecule has 0 N–H and O–H groups in total. The standard InChI is InChI=1S/C27H25FN4O4/c1-4-24(33)31-13-12-18(16-31)32-27-20(14-29-15-23(27)35-3)26(30-32)17-8-10-19(11-9-17)36-22-7-5-6-21(34-2)25(22)28/h4-11,14-15,18H,1,12-13,16H2,2-3H3. The summed E-state index contributed by atoms with van der Waals surface area (Å²) in [6, 6.07) is 12.0. The number of hydrogen-bond acceptors (Lipinski definition) is 6. The van der Waals surface area contributed by atoms with Crippen LogP contribution in [0.3, 0.4) is 0 Å². The van der Waals surface area contributed by atoms with Crippen molar-refractivity contribution in [2.24, 2.45) is 0 Å². The van der Waals surface area contributed by atoms with Crippen molar-refractivity contribution in [3.63, 3.8) is 0 Å². The summed E-state index contributed by atoms with van der Waals surface area (Å²) in [5.74, 6) is 0.611. The summed E-state index contributed by atoms with van der Waals surface area (Å²) in [7, 11) is 3.00. The summed E-state index contributed by atoms with van der Waals surface area (Å²) < 4.78 is 32.8. The molecule has 1 amide bonds. The summed E-state index contributed by atoms with van der Waals surface area (Å²) in [6.45, 7) is 4.76. The van der Waals surface area contributed by atoms with Crippen LogP contribution >= 0.6 is 0 Å². The molecule has 4 aromatic rings. The first-order chi connectivity index (χ1) is 17.5. The minimum Gasteiger partial charge on any atom is -0.494 e. The number of methoxy groups -OCH3 is 2. The SMILES string of the molecule is C=CC(=O)N1CCC(n2nc(-c3ccc(Oc4cccc(OC)c4F)cc3)c3cncc(OC)c32)C1. The molecule has 2 aromatic carbocycles. The van der Waals surface area contributed by atoms with E-state index in [1.165, 1.54) is 19.3 Å². The smallest absolute Gasteiger partial charge is 0.246 e. The van der Waals surface area contributed by atoms with Gasteiger partial charge in [-0.2, -0.15) is 9.49 Å². The van der Waals surface area contributed by atoms with E-state index in [0.717, 1.165) is 28.6 Å². The lowest BCUT2D eigenvalue weighted by molar-refractivity contribution is -0.125. The predicted octanol–water partition coefficient (Wildman–Crippen LogP) is 5.01. The molecule has 1 saturated heterocycles. The molecule has 9 heteroatoms. The number of aromatic nitrogens is 3. The van der Waals surface area contributed by atoms with Crippen LogP contribution < -0.4 is 14.2 Å². The molecule has 5 rings (SSSR count). The van der Waals surface area contributed by atoms with Crippen LogP contribution in [-0.4, -0.2) is 52.9 Å². The Labute approximate surface area is 207 Å². The highest BCUT2D eigenvalue weighted by Gasteiger charge is 2.30. The molecule has 0 spiro atoms. The van der Waals surface area contributed by atoms with E-state index in [9.17, 15) is 9.18 Å². The maximum absolute atomic E-state index is 14.5. The number of pyridine rings is 1. The Bertz CT molecular complexity index is 1430. The van der Waals surface area contributed by atoms with E-state index in [4.69, 9.17) is 19.3 Å². The molecule has 1 unspecified atom stereocenters. The molecular formula is C27H25FN4O4. The van der Waals surface area contributed by atoms with E-state index >= 15 is 0 Å². The lowest BCUT2D eigenvalue weighted by Crippen LogP contribution is -2.27. The summed E-state index contributed by atoms with van der Waals surface area (Å²) >= 11 is 0. The molecule has 8 nitrogen and oxygen atoms in total. The number of ether oxygens (including phenoxy) is 3. The van der Waals surface area contributed by atoms with Crippen LogP contribution in [0.2, 0.25) is 0 Å². The lowest BCUT2D eigenvalue weighted by atomic mass is 10.1. The van der Waals surface area contributed by atoms with Crippen LogP contribution in [0, 0.1) is 5.82 Å². The van der Waals surface area contributed by atoms with Crippen molar-refractivity contribution >= 4 is 16.8 Å². The third-order valence-electron chi connectivity index (χ3n) is 6.29. The van der Waals surface area contributed by atoms with Gasteiger partial charge in [-0.1, -0.05) is 12.6 Å². The van der Waals surface area contributed by atoms with Crippen molar-refractivity contribution in [3.05, 3.63) is 73.3 Å². The highest BCUT2D eigenvalue weighted by atomic mass is 19.1. The molecule has 3 heterocycles. The predicted molar refractivity (Wildman–Crippen MR) is 133 cm³/mol. The van der Waals surface area contributed by atoms with E-state index in [1.54, 1.807) is 48.7 Å². The number of rotatable bonds is 7. The zero-order valence-electron chi connectivity index (χ0n) is 20.0. The summed E-state index contributed by atoms with van der Waals surface area (Å²) in [5, 5.41) is 5.76. The van der Waals surface area contributed by atoms with Gasteiger partial charge in [-0.05, 0) is 48.9 Å². The largest absolute Gasteiger partial charge is 0.494 e. The van der Waals surface area contributed by atoms with Crippen LogP contribution in [0.15, 0.2) is 67.5 Å². The highest BCUT2D eigenvalue weighted by Crippen LogP contribution is 2.37. The lowest BCUT2D eigenvalue weighted by Gasteiger charge is -2.15. The van der Waals surface area contributed by atoms with Gasteiger partial charge in [0.1, 0.15) is 17.0 Å². The van der Waals surface area contributed by atoms with Gasteiger partial charge in [0, 0.05) is 24.8 Å². The number of benzene rings is 2. The zero-order chi connectivity index (χ0) is 25.2. The molecule has 184 valence electrons. The van der Waals surface area contributed by atoms with Gasteiger partial charge in [0.05, 0.1) is 31.8 Å². The molecule has 0 radical (unpaired) electrons. The van der Waals surface area contributed by atoms with Gasteiger partial charge >= 0.3 is 0 Å². The number of fused-ring (bicyclic) bond motifs is 1. The third kappa shape index (κ3) is 4.13. The Hall–Kier alpha value is -4.40. The van der Waals surface area contributed by atoms with E-state index < -0.39 is 5.82 Å². The highest BCUT2D eigenvalue weighted by molar-refractivity contribution is 5.96. The molecule has 0 bridgehead atoms. The van der Waals surface area contributed by atoms with E-state index in [2.05, 4.69) is 11.6 Å². The molecular weight excluding hydrogens is 463 g/mol. The summed E-state index contributed by atoms with van der Waals surface area (Å²) in [6.07, 6.45) is 5.51. The second-order valence-corrected chi connectivity index (χ2v) is 8.36. The van der Waals surface area contributed by atoms with Gasteiger partial charge in [-0.15, -0.1) is 0 Å². The van der Waals surface area contributed by atoms with E-state index in [1.807, 2.05) is 16.8 Å². The molecule has 1 aliphatic heterocycles. The Morgan fingerprint density at radius 1 is 1.08 bits per heavy atom. The van der Waals surface area contributed by atoms with Crippen molar-refractivity contribution in [2.75, 3.05) is 27.3 Å². The van der Waals surface area contributed by atoms with Gasteiger partial charge in [0.15, 0.2) is 17.2 Å². The third-order valence-corrected chi connectivity index (χ3v) is 6.29. The average molecular weight is 489 g/mol. The number of likely N-dealkylation sites (tertiary alicyclic amines) is 1. The summed E-state index contributed by atoms with van der Waals surface area (Å²) in [4.78, 5) is 18.2. The number of amides is 1. The minimum atomic E-state index is -0.562. The second-order valence-electron chi connectivity index (χ2n) is 8.36. The molecule has 2 aromatic heterocycles. The maximum Gasteiger partial charge on any atom is 0.246 e. The monoisotopic (exact) mass is 488 g/mol. The van der Waals surface area contributed by atoms with Gasteiger partial charge in [0.2, 0.25) is 11.7 Å². The van der Waals surface area contributed by atoms with E-state index in [0.29, 0.717) is 24.6 Å². The molecule has 1 fully saturated rings. The van der Waals surface area contributed by atoms with Gasteiger partial charge in [-0.25, -0.2) is 0 Å². The Morgan fingerprint density at radius 3 is 2.56 bits per heavy atom. The summed E-state index contributed by atoms with van der Waals surface area (Å²) in [5.41, 5.74) is 2.38. The molecule has 1 aliphatic rings. The van der Waals surface area contributed by atoms with Crippen molar-refractivity contribution in [1.82, 2.24) is 19.7 Å². The Balaban J connectivity index is 1.49. The fraction of sp³-hybridized carbons (Fsp3) is 0.222. The van der Waals surface area contributed by atoms with Gasteiger partial charge < -0.3 is 19.1 Å². The van der Waals surface area contributed by atoms with Crippen molar-refractivity contribution in [2.45, 2.75) is 12.5 Å². The Kier molecular flexibility index (Phi) is 6.28. The number of hydrogen-bond donors (Lipinski definition) is 0. The molecule has 0 aliphatic carbocycles. The minimum absolute atomic E-state index is 0.0138. The number of carbonyl (C=O) groups is 1. The fourth-order valence-corrected chi connectivity index (χ4v) is 4.49. The number of carbonyl (C=O) groups excluding carboxylic acids is 1. The van der Waals surface area contributed by atoms with Crippen molar-refractivity contribution in [3.8, 4) is 34.3 Å². The molecule has 36 heavy (non-hydrogen) atoms. The topological polar surface area (TPSA) is 78.7 Å². The quantitative estimate of drug-likeness (QED) is 0.341. The molecule has 0 saturated carbocycles. The number of nitrogens with zero attached hydrogens (tertiary/aromatic N) is 4.